The summed E-state index contributed by atoms with van der Waals surface area (Å²) in [6.45, 7) is 0.584. The molecule has 0 unspecified atom stereocenters. The van der Waals surface area contributed by atoms with E-state index in [4.69, 9.17) is 4.74 Å². The first kappa shape index (κ1) is 32.3. The quantitative estimate of drug-likeness (QED) is 0.215. The van der Waals surface area contributed by atoms with Crippen LogP contribution in [0.15, 0.2) is 78.9 Å². The van der Waals surface area contributed by atoms with E-state index in [-0.39, 0.29) is 31.9 Å². The Morgan fingerprint density at radius 3 is 1.93 bits per heavy atom. The van der Waals surface area contributed by atoms with E-state index in [0.717, 1.165) is 17.7 Å². The minimum Gasteiger partial charge on any atom is -0.428 e. The molecule has 4 nitrogen and oxygen atoms in total. The summed E-state index contributed by atoms with van der Waals surface area (Å²) in [5.74, 6) is -4.84. The summed E-state index contributed by atoms with van der Waals surface area (Å²) in [5.41, 5.74) is -6.73. The van der Waals surface area contributed by atoms with Gasteiger partial charge in [-0.1, -0.05) is 66.7 Å². The Labute approximate surface area is 238 Å². The highest BCUT2D eigenvalue weighted by atomic mass is 19.4. The summed E-state index contributed by atoms with van der Waals surface area (Å²) in [4.78, 5) is 11.3. The molecule has 1 N–H and O–H groups in total. The molecular weight excluding hydrogens is 600 g/mol. The fourth-order valence-electron chi connectivity index (χ4n) is 5.25. The van der Waals surface area contributed by atoms with Gasteiger partial charge in [0.2, 0.25) is 0 Å². The Morgan fingerprint density at radius 1 is 0.814 bits per heavy atom. The number of nitrogens with one attached hydrogen (secondary N) is 1. The van der Waals surface area contributed by atoms with Crippen molar-refractivity contribution in [3.8, 4) is 0 Å². The molecule has 3 aromatic rings. The molecule has 2 atom stereocenters. The molecule has 3 aromatic carbocycles. The molecule has 43 heavy (non-hydrogen) atoms. The second-order valence-corrected chi connectivity index (χ2v) is 10.0. The van der Waals surface area contributed by atoms with Gasteiger partial charge in [0.05, 0.1) is 13.2 Å². The molecule has 1 heterocycles. The van der Waals surface area contributed by atoms with Crippen LogP contribution in [0, 0.1) is 5.82 Å². The van der Waals surface area contributed by atoms with Gasteiger partial charge in [-0.05, 0) is 28.8 Å². The van der Waals surface area contributed by atoms with Crippen LogP contribution >= 0.6 is 0 Å². The summed E-state index contributed by atoms with van der Waals surface area (Å²) in [6.07, 6.45) is -19.1. The van der Waals surface area contributed by atoms with E-state index in [0.29, 0.717) is 17.7 Å². The maximum Gasteiger partial charge on any atom is 0.490 e. The van der Waals surface area contributed by atoms with Crippen molar-refractivity contribution in [2.24, 2.45) is 0 Å². The minimum absolute atomic E-state index is 0.00514. The molecule has 1 aliphatic rings. The molecule has 0 aliphatic carbocycles. The van der Waals surface area contributed by atoms with Crippen LogP contribution in [0.2, 0.25) is 0 Å². The van der Waals surface area contributed by atoms with Gasteiger partial charge in [0, 0.05) is 30.0 Å². The molecule has 0 aromatic heterocycles. The average Bonchev–Trinajstić information content (AvgIpc) is 3.35. The predicted octanol–water partition coefficient (Wildman–Crippen LogP) is 7.09. The van der Waals surface area contributed by atoms with Crippen LogP contribution in [0.1, 0.15) is 28.2 Å². The van der Waals surface area contributed by atoms with Gasteiger partial charge in [-0.3, -0.25) is 0 Å². The molecule has 0 amide bonds. The van der Waals surface area contributed by atoms with Gasteiger partial charge < -0.3 is 14.8 Å². The first-order valence-corrected chi connectivity index (χ1v) is 12.6. The standard InChI is InChI=1S/C29H23F10NO3/c30-22-12-10-20(11-13-22)25(17-42-15-18-4-2-1-3-5-18)16-40-14-23(25)19-6-8-21(9-7-19)26(28(34,35)36,29(37,38)39)43-24(41)27(31,32)33/h1-13,23,40H,14-17H2/t23-,25-/m1/s1. The zero-order chi connectivity index (χ0) is 31.7. The molecule has 4 rings (SSSR count). The molecule has 1 saturated heterocycles. The van der Waals surface area contributed by atoms with E-state index in [2.05, 4.69) is 10.1 Å². The number of hydrogen-bond acceptors (Lipinski definition) is 4. The van der Waals surface area contributed by atoms with E-state index in [1.807, 2.05) is 12.1 Å². The van der Waals surface area contributed by atoms with Crippen LogP contribution < -0.4 is 5.32 Å². The van der Waals surface area contributed by atoms with Gasteiger partial charge in [-0.15, -0.1) is 0 Å². The highest BCUT2D eigenvalue weighted by molar-refractivity contribution is 5.76. The van der Waals surface area contributed by atoms with Crippen molar-refractivity contribution < 1.29 is 58.2 Å². The van der Waals surface area contributed by atoms with Crippen molar-refractivity contribution in [1.29, 1.82) is 0 Å². The lowest BCUT2D eigenvalue weighted by Crippen LogP contribution is -2.58. The Bertz CT molecular complexity index is 1370. The zero-order valence-electron chi connectivity index (χ0n) is 21.9. The maximum atomic E-state index is 13.9. The van der Waals surface area contributed by atoms with Gasteiger partial charge in [-0.25, -0.2) is 9.18 Å². The topological polar surface area (TPSA) is 47.6 Å². The summed E-state index contributed by atoms with van der Waals surface area (Å²) in [6, 6.07) is 16.9. The first-order chi connectivity index (χ1) is 20.0. The average molecular weight is 623 g/mol. The van der Waals surface area contributed by atoms with E-state index in [1.54, 1.807) is 18.2 Å². The fourth-order valence-corrected chi connectivity index (χ4v) is 5.25. The molecule has 0 bridgehead atoms. The number of esters is 1. The van der Waals surface area contributed by atoms with E-state index in [9.17, 15) is 48.7 Å². The lowest BCUT2D eigenvalue weighted by molar-refractivity contribution is -0.382. The molecule has 232 valence electrons. The van der Waals surface area contributed by atoms with Crippen LogP contribution in [-0.2, 0) is 31.9 Å². The Balaban J connectivity index is 1.74. The van der Waals surface area contributed by atoms with Gasteiger partial charge in [0.15, 0.2) is 0 Å². The van der Waals surface area contributed by atoms with Gasteiger partial charge in [0.25, 0.3) is 0 Å². The van der Waals surface area contributed by atoms with Crippen molar-refractivity contribution in [3.63, 3.8) is 0 Å². The van der Waals surface area contributed by atoms with Gasteiger partial charge in [-0.2, -0.15) is 39.5 Å². The van der Waals surface area contributed by atoms with Crippen LogP contribution in [-0.4, -0.2) is 44.2 Å². The fraction of sp³-hybridized carbons (Fsp3) is 0.345. The smallest absolute Gasteiger partial charge is 0.428 e. The largest absolute Gasteiger partial charge is 0.490 e. The van der Waals surface area contributed by atoms with Gasteiger partial charge in [0.1, 0.15) is 5.82 Å². The second kappa shape index (κ2) is 11.8. The first-order valence-electron chi connectivity index (χ1n) is 12.6. The van der Waals surface area contributed by atoms with Crippen LogP contribution in [0.3, 0.4) is 0 Å². The number of alkyl halides is 9. The van der Waals surface area contributed by atoms with E-state index in [1.165, 1.54) is 24.3 Å². The van der Waals surface area contributed by atoms with Crippen LogP contribution in [0.4, 0.5) is 43.9 Å². The molecule has 1 aliphatic heterocycles. The summed E-state index contributed by atoms with van der Waals surface area (Å²) in [5, 5.41) is 3.13. The van der Waals surface area contributed by atoms with Crippen LogP contribution in [0.25, 0.3) is 0 Å². The predicted molar refractivity (Wildman–Crippen MR) is 132 cm³/mol. The van der Waals surface area contributed by atoms with Crippen molar-refractivity contribution in [2.45, 2.75) is 42.1 Å². The molecular formula is C29H23F10NO3. The summed E-state index contributed by atoms with van der Waals surface area (Å²) < 4.78 is 145. The number of benzene rings is 3. The normalized spacial score (nSPS) is 19.8. The number of ether oxygens (including phenoxy) is 2. The highest BCUT2D eigenvalue weighted by Crippen LogP contribution is 2.54. The Morgan fingerprint density at radius 2 is 1.40 bits per heavy atom. The van der Waals surface area contributed by atoms with Crippen molar-refractivity contribution >= 4 is 5.97 Å². The van der Waals surface area contributed by atoms with Gasteiger partial charge >= 0.3 is 30.1 Å². The molecule has 0 saturated carbocycles. The SMILES string of the molecule is O=C(OC(c1ccc([C@H]2CNC[C@@]2(COCc2ccccc2)c2ccc(F)cc2)cc1)(C(F)(F)F)C(F)(F)F)C(F)(F)F. The van der Waals surface area contributed by atoms with E-state index < -0.39 is 52.8 Å². The minimum atomic E-state index is -6.51. The molecule has 0 spiro atoms. The third-order valence-corrected chi connectivity index (χ3v) is 7.34. The second-order valence-electron chi connectivity index (χ2n) is 10.0. The monoisotopic (exact) mass is 623 g/mol. The number of halogens is 10. The molecule has 0 radical (unpaired) electrons. The summed E-state index contributed by atoms with van der Waals surface area (Å²) in [7, 11) is 0. The third-order valence-electron chi connectivity index (χ3n) is 7.34. The van der Waals surface area contributed by atoms with E-state index >= 15 is 0 Å². The highest BCUT2D eigenvalue weighted by Gasteiger charge is 2.76. The lowest BCUT2D eigenvalue weighted by atomic mass is 9.70. The molecule has 1 fully saturated rings. The summed E-state index contributed by atoms with van der Waals surface area (Å²) >= 11 is 0. The maximum absolute atomic E-state index is 13.9. The number of carbonyl (C=O) groups is 1. The zero-order valence-corrected chi connectivity index (χ0v) is 21.9. The Kier molecular flexibility index (Phi) is 8.85. The lowest BCUT2D eigenvalue weighted by Gasteiger charge is -2.38. The van der Waals surface area contributed by atoms with Crippen molar-refractivity contribution in [3.05, 3.63) is 107 Å². The molecule has 14 heteroatoms. The third kappa shape index (κ3) is 6.35. The van der Waals surface area contributed by atoms with Crippen molar-refractivity contribution in [1.82, 2.24) is 5.32 Å². The number of carbonyl (C=O) groups excluding carboxylic acids is 1. The van der Waals surface area contributed by atoms with Crippen molar-refractivity contribution in [2.75, 3.05) is 19.7 Å². The number of rotatable bonds is 8. The number of hydrogen-bond donors (Lipinski definition) is 1. The Hall–Kier alpha value is -3.65. The van der Waals surface area contributed by atoms with Crippen LogP contribution in [0.5, 0.6) is 0 Å².